The highest BCUT2D eigenvalue weighted by molar-refractivity contribution is 5.78. The SMILES string of the molecule is CCCCOCCCNC(=O)Cc1c(C)nc2c(C)cccn12. The van der Waals surface area contributed by atoms with Gasteiger partial charge in [0.25, 0.3) is 0 Å². The molecule has 5 nitrogen and oxygen atoms in total. The van der Waals surface area contributed by atoms with E-state index < -0.39 is 0 Å². The standard InChI is InChI=1S/C18H27N3O2/c1-4-5-11-23-12-7-9-19-17(22)13-16-15(3)20-18-14(2)8-6-10-21(16)18/h6,8,10H,4-5,7,9,11-13H2,1-3H3,(H,19,22). The predicted molar refractivity (Wildman–Crippen MR) is 91.7 cm³/mol. The normalized spacial score (nSPS) is 11.1. The molecule has 23 heavy (non-hydrogen) atoms. The second-order valence-corrected chi connectivity index (χ2v) is 5.87. The van der Waals surface area contributed by atoms with Crippen LogP contribution in [0.5, 0.6) is 0 Å². The van der Waals surface area contributed by atoms with Crippen LogP contribution in [0.1, 0.15) is 43.1 Å². The van der Waals surface area contributed by atoms with E-state index in [4.69, 9.17) is 4.74 Å². The van der Waals surface area contributed by atoms with Crippen LogP contribution in [0, 0.1) is 13.8 Å². The van der Waals surface area contributed by atoms with E-state index in [0.717, 1.165) is 48.5 Å². The highest BCUT2D eigenvalue weighted by Crippen LogP contribution is 2.15. The number of fused-ring (bicyclic) bond motifs is 1. The summed E-state index contributed by atoms with van der Waals surface area (Å²) in [4.78, 5) is 16.7. The Morgan fingerprint density at radius 1 is 1.30 bits per heavy atom. The first kappa shape index (κ1) is 17.5. The second-order valence-electron chi connectivity index (χ2n) is 5.87. The van der Waals surface area contributed by atoms with Crippen molar-refractivity contribution < 1.29 is 9.53 Å². The van der Waals surface area contributed by atoms with Crippen LogP contribution in [0.2, 0.25) is 0 Å². The van der Waals surface area contributed by atoms with E-state index in [0.29, 0.717) is 19.6 Å². The summed E-state index contributed by atoms with van der Waals surface area (Å²) in [5.41, 5.74) is 3.92. The average molecular weight is 317 g/mol. The molecule has 0 aliphatic carbocycles. The molecule has 0 aromatic carbocycles. The molecule has 0 unspecified atom stereocenters. The number of carbonyl (C=O) groups is 1. The number of imidazole rings is 1. The van der Waals surface area contributed by atoms with Crippen LogP contribution in [-0.2, 0) is 16.0 Å². The summed E-state index contributed by atoms with van der Waals surface area (Å²) in [5.74, 6) is 0.0324. The van der Waals surface area contributed by atoms with Gasteiger partial charge in [-0.2, -0.15) is 0 Å². The van der Waals surface area contributed by atoms with Gasteiger partial charge in [0.05, 0.1) is 17.8 Å². The zero-order valence-electron chi connectivity index (χ0n) is 14.4. The molecule has 2 aromatic rings. The lowest BCUT2D eigenvalue weighted by molar-refractivity contribution is -0.120. The van der Waals surface area contributed by atoms with Gasteiger partial charge in [0.2, 0.25) is 5.91 Å². The topological polar surface area (TPSA) is 55.6 Å². The van der Waals surface area contributed by atoms with Crippen molar-refractivity contribution in [3.05, 3.63) is 35.3 Å². The molecule has 0 atom stereocenters. The van der Waals surface area contributed by atoms with Gasteiger partial charge in [-0.05, 0) is 38.3 Å². The summed E-state index contributed by atoms with van der Waals surface area (Å²) in [6.45, 7) is 8.30. The Morgan fingerprint density at radius 3 is 2.87 bits per heavy atom. The van der Waals surface area contributed by atoms with Crippen molar-refractivity contribution in [2.45, 2.75) is 46.5 Å². The van der Waals surface area contributed by atoms with Crippen LogP contribution < -0.4 is 5.32 Å². The molecular formula is C18H27N3O2. The predicted octanol–water partition coefficient (Wildman–Crippen LogP) is 2.82. The summed E-state index contributed by atoms with van der Waals surface area (Å²) in [5, 5.41) is 2.96. The van der Waals surface area contributed by atoms with Crippen LogP contribution in [-0.4, -0.2) is 35.1 Å². The number of amides is 1. The number of hydrogen-bond donors (Lipinski definition) is 1. The van der Waals surface area contributed by atoms with Crippen molar-refractivity contribution in [1.82, 2.24) is 14.7 Å². The number of carbonyl (C=O) groups excluding carboxylic acids is 1. The third-order valence-electron chi connectivity index (χ3n) is 3.90. The zero-order valence-corrected chi connectivity index (χ0v) is 14.4. The van der Waals surface area contributed by atoms with Gasteiger partial charge in [0.1, 0.15) is 5.65 Å². The minimum atomic E-state index is 0.0324. The fourth-order valence-corrected chi connectivity index (χ4v) is 2.54. The first-order valence-corrected chi connectivity index (χ1v) is 8.41. The van der Waals surface area contributed by atoms with E-state index in [9.17, 15) is 4.79 Å². The number of nitrogens with zero attached hydrogens (tertiary/aromatic N) is 2. The molecule has 2 heterocycles. The quantitative estimate of drug-likeness (QED) is 0.724. The highest BCUT2D eigenvalue weighted by atomic mass is 16.5. The molecule has 0 radical (unpaired) electrons. The van der Waals surface area contributed by atoms with E-state index in [2.05, 4.69) is 17.2 Å². The monoisotopic (exact) mass is 317 g/mol. The fourth-order valence-electron chi connectivity index (χ4n) is 2.54. The Hall–Kier alpha value is -1.88. The van der Waals surface area contributed by atoms with Gasteiger partial charge in [0, 0.05) is 26.0 Å². The van der Waals surface area contributed by atoms with Crippen LogP contribution >= 0.6 is 0 Å². The molecule has 0 fully saturated rings. The lowest BCUT2D eigenvalue weighted by atomic mass is 10.2. The van der Waals surface area contributed by atoms with E-state index in [-0.39, 0.29) is 5.91 Å². The molecule has 0 spiro atoms. The van der Waals surface area contributed by atoms with Crippen molar-refractivity contribution in [3.8, 4) is 0 Å². The first-order valence-electron chi connectivity index (χ1n) is 8.41. The summed E-state index contributed by atoms with van der Waals surface area (Å²) in [6.07, 6.45) is 5.41. The third-order valence-corrected chi connectivity index (χ3v) is 3.90. The third kappa shape index (κ3) is 4.79. The Bertz CT molecular complexity index is 649. The first-order chi connectivity index (χ1) is 11.1. The largest absolute Gasteiger partial charge is 0.381 e. The van der Waals surface area contributed by atoms with Crippen molar-refractivity contribution in [1.29, 1.82) is 0 Å². The van der Waals surface area contributed by atoms with Crippen molar-refractivity contribution in [3.63, 3.8) is 0 Å². The average Bonchev–Trinajstić information content (AvgIpc) is 2.84. The van der Waals surface area contributed by atoms with E-state index in [1.165, 1.54) is 0 Å². The molecule has 0 bridgehead atoms. The van der Waals surface area contributed by atoms with Crippen molar-refractivity contribution in [2.75, 3.05) is 19.8 Å². The van der Waals surface area contributed by atoms with E-state index >= 15 is 0 Å². The van der Waals surface area contributed by atoms with Crippen LogP contribution in [0.15, 0.2) is 18.3 Å². The number of pyridine rings is 1. The van der Waals surface area contributed by atoms with Gasteiger partial charge in [0.15, 0.2) is 0 Å². The molecule has 1 N–H and O–H groups in total. The lowest BCUT2D eigenvalue weighted by Crippen LogP contribution is -2.27. The van der Waals surface area contributed by atoms with Gasteiger partial charge >= 0.3 is 0 Å². The van der Waals surface area contributed by atoms with Crippen LogP contribution in [0.25, 0.3) is 5.65 Å². The maximum atomic E-state index is 12.1. The summed E-state index contributed by atoms with van der Waals surface area (Å²) in [7, 11) is 0. The van der Waals surface area contributed by atoms with Crippen molar-refractivity contribution in [2.24, 2.45) is 0 Å². The van der Waals surface area contributed by atoms with E-state index in [1.807, 2.05) is 36.6 Å². The molecule has 0 aliphatic heterocycles. The number of rotatable bonds is 9. The number of ether oxygens (including phenoxy) is 1. The molecule has 0 aliphatic rings. The minimum absolute atomic E-state index is 0.0324. The Labute approximate surface area is 138 Å². The Kier molecular flexibility index (Phi) is 6.59. The van der Waals surface area contributed by atoms with Gasteiger partial charge in [-0.15, -0.1) is 0 Å². The smallest absolute Gasteiger partial charge is 0.226 e. The molecular weight excluding hydrogens is 290 g/mol. The lowest BCUT2D eigenvalue weighted by Gasteiger charge is -2.07. The highest BCUT2D eigenvalue weighted by Gasteiger charge is 2.13. The maximum Gasteiger partial charge on any atom is 0.226 e. The number of unbranched alkanes of at least 4 members (excludes halogenated alkanes) is 1. The van der Waals surface area contributed by atoms with Crippen LogP contribution in [0.4, 0.5) is 0 Å². The maximum absolute atomic E-state index is 12.1. The van der Waals surface area contributed by atoms with Gasteiger partial charge < -0.3 is 14.5 Å². The van der Waals surface area contributed by atoms with Crippen molar-refractivity contribution >= 4 is 11.6 Å². The molecule has 1 amide bonds. The second kappa shape index (κ2) is 8.67. The zero-order chi connectivity index (χ0) is 16.7. The molecule has 0 saturated carbocycles. The molecule has 126 valence electrons. The Morgan fingerprint density at radius 2 is 2.09 bits per heavy atom. The molecule has 2 rings (SSSR count). The fraction of sp³-hybridized carbons (Fsp3) is 0.556. The van der Waals surface area contributed by atoms with Gasteiger partial charge in [-0.25, -0.2) is 4.98 Å². The van der Waals surface area contributed by atoms with Crippen LogP contribution in [0.3, 0.4) is 0 Å². The van der Waals surface area contributed by atoms with Gasteiger partial charge in [-0.1, -0.05) is 19.4 Å². The van der Waals surface area contributed by atoms with Gasteiger partial charge in [-0.3, -0.25) is 4.79 Å². The molecule has 2 aromatic heterocycles. The number of aryl methyl sites for hydroxylation is 2. The molecule has 0 saturated heterocycles. The summed E-state index contributed by atoms with van der Waals surface area (Å²) < 4.78 is 7.50. The molecule has 5 heteroatoms. The summed E-state index contributed by atoms with van der Waals surface area (Å²) in [6, 6.07) is 4.02. The van der Waals surface area contributed by atoms with E-state index in [1.54, 1.807) is 0 Å². The minimum Gasteiger partial charge on any atom is -0.381 e. The Balaban J connectivity index is 1.82. The number of aromatic nitrogens is 2. The summed E-state index contributed by atoms with van der Waals surface area (Å²) >= 11 is 0. The number of nitrogens with one attached hydrogen (secondary N) is 1. The number of hydrogen-bond acceptors (Lipinski definition) is 3.